The van der Waals surface area contributed by atoms with Crippen LogP contribution in [0.15, 0.2) is 65.8 Å². The van der Waals surface area contributed by atoms with Crippen LogP contribution in [0.5, 0.6) is 5.75 Å². The molecule has 1 aliphatic carbocycles. The van der Waals surface area contributed by atoms with Crippen LogP contribution in [0.3, 0.4) is 0 Å². The number of hydrogen-bond acceptors (Lipinski definition) is 6. The molecule has 2 rings (SSSR count). The van der Waals surface area contributed by atoms with Crippen molar-refractivity contribution in [3.05, 3.63) is 65.8 Å². The summed E-state index contributed by atoms with van der Waals surface area (Å²) >= 11 is 0. The molecule has 0 spiro atoms. The van der Waals surface area contributed by atoms with Gasteiger partial charge < -0.3 is 20.1 Å². The topological polar surface area (TPSA) is 104 Å². The molecule has 0 radical (unpaired) electrons. The maximum atomic E-state index is 12.6. The van der Waals surface area contributed by atoms with Crippen LogP contribution in [-0.2, 0) is 15.6 Å². The summed E-state index contributed by atoms with van der Waals surface area (Å²) in [4.78, 5) is 12.6. The van der Waals surface area contributed by atoms with Crippen molar-refractivity contribution in [1.82, 2.24) is 0 Å². The first-order chi connectivity index (χ1) is 14.4. The molecule has 4 unspecified atom stereocenters. The van der Waals surface area contributed by atoms with E-state index in [1.807, 2.05) is 12.1 Å². The van der Waals surface area contributed by atoms with Gasteiger partial charge in [-0.05, 0) is 43.4 Å². The fourth-order valence-corrected chi connectivity index (χ4v) is 4.00. The Labute approximate surface area is 180 Å². The highest BCUT2D eigenvalue weighted by Gasteiger charge is 2.27. The largest absolute Gasteiger partial charge is 0.465 e. The predicted octanol–water partition coefficient (Wildman–Crippen LogP) is 2.43. The van der Waals surface area contributed by atoms with Crippen LogP contribution in [0, 0.1) is 0 Å². The Bertz CT molecular complexity index is 799. The van der Waals surface area contributed by atoms with Gasteiger partial charge in [0.2, 0.25) is 0 Å². The lowest BCUT2D eigenvalue weighted by Crippen LogP contribution is -2.27. The first-order valence-electron chi connectivity index (χ1n) is 10.0. The van der Waals surface area contributed by atoms with E-state index in [1.165, 1.54) is 0 Å². The van der Waals surface area contributed by atoms with Gasteiger partial charge in [0.25, 0.3) is 0 Å². The molecule has 4 atom stereocenters. The van der Waals surface area contributed by atoms with Gasteiger partial charge in [-0.2, -0.15) is 0 Å². The van der Waals surface area contributed by atoms with Crippen molar-refractivity contribution in [3.63, 3.8) is 0 Å². The minimum Gasteiger partial charge on any atom is -0.465 e. The van der Waals surface area contributed by atoms with E-state index in [4.69, 9.17) is 9.84 Å². The molecule has 6 nitrogen and oxygen atoms in total. The lowest BCUT2D eigenvalue weighted by molar-refractivity contribution is -0.112. The molecule has 0 bridgehead atoms. The van der Waals surface area contributed by atoms with Crippen molar-refractivity contribution >= 4 is 16.6 Å². The molecule has 0 fully saturated rings. The van der Waals surface area contributed by atoms with E-state index in [1.54, 1.807) is 48.7 Å². The summed E-state index contributed by atoms with van der Waals surface area (Å²) in [5.74, 6) is 0.429. The number of aliphatic hydroxyl groups excluding tert-OH is 3. The van der Waals surface area contributed by atoms with Crippen molar-refractivity contribution < 1.29 is 29.1 Å². The molecule has 0 saturated heterocycles. The minimum absolute atomic E-state index is 0.0306. The molecule has 30 heavy (non-hydrogen) atoms. The first-order valence-corrected chi connectivity index (χ1v) is 11.6. The molecule has 164 valence electrons. The number of benzene rings is 1. The Balaban J connectivity index is 1.91. The normalized spacial score (nSPS) is 19.7. The second-order valence-electron chi connectivity index (χ2n) is 7.22. The first kappa shape index (κ1) is 24.2. The van der Waals surface area contributed by atoms with Gasteiger partial charge in [-0.1, -0.05) is 42.5 Å². The van der Waals surface area contributed by atoms with E-state index < -0.39 is 28.4 Å². The molecule has 0 aromatic heterocycles. The Morgan fingerprint density at radius 2 is 1.97 bits per heavy atom. The van der Waals surface area contributed by atoms with Crippen LogP contribution < -0.4 is 4.74 Å². The lowest BCUT2D eigenvalue weighted by atomic mass is 10.0. The van der Waals surface area contributed by atoms with E-state index in [2.05, 4.69) is 0 Å². The SMILES string of the molecule is CS(=O)C(CC1=CC/C(=C/C=C\C(O)CCCO)C1=O)CC(O)Oc1ccccc1. The van der Waals surface area contributed by atoms with Gasteiger partial charge in [0.15, 0.2) is 12.1 Å². The molecule has 3 N–H and O–H groups in total. The molecular weight excluding hydrogens is 404 g/mol. The van der Waals surface area contributed by atoms with Gasteiger partial charge >= 0.3 is 0 Å². The summed E-state index contributed by atoms with van der Waals surface area (Å²) in [7, 11) is -1.24. The molecule has 1 aromatic rings. The summed E-state index contributed by atoms with van der Waals surface area (Å²) in [5.41, 5.74) is 1.19. The van der Waals surface area contributed by atoms with Gasteiger partial charge in [0.05, 0.1) is 6.10 Å². The number of rotatable bonds is 12. The van der Waals surface area contributed by atoms with Gasteiger partial charge in [-0.15, -0.1) is 0 Å². The maximum Gasteiger partial charge on any atom is 0.198 e. The fraction of sp³-hybridized carbons (Fsp3) is 0.435. The number of aliphatic hydroxyl groups is 3. The average molecular weight is 435 g/mol. The summed E-state index contributed by atoms with van der Waals surface area (Å²) in [6, 6.07) is 8.91. The number of Topliss-reactive ketones (excluding diaryl/α,β-unsaturated/α-hetero) is 1. The van der Waals surface area contributed by atoms with Crippen LogP contribution in [0.4, 0.5) is 0 Å². The molecule has 0 saturated carbocycles. The molecule has 0 heterocycles. The zero-order valence-electron chi connectivity index (χ0n) is 17.1. The van der Waals surface area contributed by atoms with Crippen molar-refractivity contribution in [2.75, 3.05) is 12.9 Å². The van der Waals surface area contributed by atoms with E-state index in [0.29, 0.717) is 42.6 Å². The molecule has 7 heteroatoms. The molecule has 1 aromatic carbocycles. The van der Waals surface area contributed by atoms with Crippen molar-refractivity contribution in [1.29, 1.82) is 0 Å². The van der Waals surface area contributed by atoms with Crippen LogP contribution >= 0.6 is 0 Å². The molecule has 0 aliphatic heterocycles. The van der Waals surface area contributed by atoms with Crippen molar-refractivity contribution in [2.24, 2.45) is 0 Å². The third-order valence-corrected chi connectivity index (χ3v) is 6.14. The van der Waals surface area contributed by atoms with Crippen LogP contribution in [-0.4, -0.2) is 55.8 Å². The highest BCUT2D eigenvalue weighted by atomic mass is 32.2. The van der Waals surface area contributed by atoms with Gasteiger partial charge in [0, 0.05) is 40.9 Å². The highest BCUT2D eigenvalue weighted by Crippen LogP contribution is 2.27. The van der Waals surface area contributed by atoms with Crippen LogP contribution in [0.25, 0.3) is 0 Å². The summed E-state index contributed by atoms with van der Waals surface area (Å²) < 4.78 is 17.6. The Morgan fingerprint density at radius 1 is 1.23 bits per heavy atom. The summed E-state index contributed by atoms with van der Waals surface area (Å²) in [6.45, 7) is 0.0306. The number of carbonyl (C=O) groups is 1. The smallest absolute Gasteiger partial charge is 0.198 e. The number of hydrogen-bond donors (Lipinski definition) is 3. The van der Waals surface area contributed by atoms with Crippen molar-refractivity contribution in [2.45, 2.75) is 49.7 Å². The zero-order chi connectivity index (χ0) is 21.9. The van der Waals surface area contributed by atoms with E-state index in [-0.39, 0.29) is 18.8 Å². The average Bonchev–Trinajstić information content (AvgIpc) is 3.06. The van der Waals surface area contributed by atoms with E-state index in [0.717, 1.165) is 0 Å². The predicted molar refractivity (Wildman–Crippen MR) is 117 cm³/mol. The fourth-order valence-electron chi connectivity index (χ4n) is 3.15. The van der Waals surface area contributed by atoms with Gasteiger partial charge in [-0.25, -0.2) is 0 Å². The second kappa shape index (κ2) is 12.6. The minimum atomic E-state index is -1.24. The quantitative estimate of drug-likeness (QED) is 0.345. The van der Waals surface area contributed by atoms with E-state index in [9.17, 15) is 19.2 Å². The highest BCUT2D eigenvalue weighted by molar-refractivity contribution is 7.84. The maximum absolute atomic E-state index is 12.6. The third-order valence-electron chi connectivity index (χ3n) is 4.84. The van der Waals surface area contributed by atoms with Crippen LogP contribution in [0.2, 0.25) is 0 Å². The Morgan fingerprint density at radius 3 is 2.63 bits per heavy atom. The standard InChI is InChI=1S/C23H30O6S/c1-30(28)21(16-22(26)29-20-10-3-2-4-11-20)15-18-13-12-17(23(18)27)7-5-8-19(25)9-6-14-24/h2-5,7-8,10-11,13,19,21-22,24-26H,6,9,12,14-16H2,1H3/b8-5-,17-7-. The van der Waals surface area contributed by atoms with Crippen molar-refractivity contribution in [3.8, 4) is 5.75 Å². The van der Waals surface area contributed by atoms with Crippen LogP contribution in [0.1, 0.15) is 32.1 Å². The molecular formula is C23H30O6S. The molecule has 0 amide bonds. The van der Waals surface area contributed by atoms with Gasteiger partial charge in [-0.3, -0.25) is 9.00 Å². The monoisotopic (exact) mass is 434 g/mol. The number of para-hydroxylation sites is 1. The number of carbonyl (C=O) groups excluding carboxylic acids is 1. The number of allylic oxidation sites excluding steroid dienone is 5. The number of ketones is 1. The number of ether oxygens (including phenoxy) is 1. The Kier molecular flexibility index (Phi) is 10.2. The third kappa shape index (κ3) is 7.99. The lowest BCUT2D eigenvalue weighted by Gasteiger charge is -2.19. The van der Waals surface area contributed by atoms with E-state index >= 15 is 0 Å². The molecule has 1 aliphatic rings. The van der Waals surface area contributed by atoms with Gasteiger partial charge in [0.1, 0.15) is 5.75 Å². The second-order valence-corrected chi connectivity index (χ2v) is 8.88. The Hall–Kier alpha value is -2.06. The summed E-state index contributed by atoms with van der Waals surface area (Å²) in [6.07, 6.45) is 8.46. The summed E-state index contributed by atoms with van der Waals surface area (Å²) in [5, 5.41) is 28.3. The zero-order valence-corrected chi connectivity index (χ0v) is 18.0.